The molecular weight excluding hydrogens is 440 g/mol. The maximum absolute atomic E-state index is 13.1. The molecule has 0 spiro atoms. The fourth-order valence-corrected chi connectivity index (χ4v) is 4.10. The normalized spacial score (nSPS) is 12.7. The number of furan rings is 1. The summed E-state index contributed by atoms with van der Waals surface area (Å²) in [6, 6.07) is 12.1. The molecular formula is C25H34N2O5S. The van der Waals surface area contributed by atoms with Crippen molar-refractivity contribution in [3.8, 4) is 0 Å². The van der Waals surface area contributed by atoms with Crippen LogP contribution in [0.5, 0.6) is 0 Å². The fraction of sp³-hybridized carbons (Fsp3) is 0.480. The van der Waals surface area contributed by atoms with Crippen molar-refractivity contribution in [3.05, 3.63) is 60.1 Å². The van der Waals surface area contributed by atoms with E-state index in [4.69, 9.17) is 9.15 Å². The number of nitrogens with one attached hydrogen (secondary N) is 2. The van der Waals surface area contributed by atoms with E-state index in [0.717, 1.165) is 24.2 Å². The van der Waals surface area contributed by atoms with Gasteiger partial charge >= 0.3 is 6.09 Å². The highest BCUT2D eigenvalue weighted by Crippen LogP contribution is 2.20. The Morgan fingerprint density at radius 2 is 1.82 bits per heavy atom. The fourth-order valence-electron chi connectivity index (χ4n) is 3.10. The number of benzene rings is 1. The average molecular weight is 475 g/mol. The van der Waals surface area contributed by atoms with Crippen LogP contribution in [0.15, 0.2) is 53.1 Å². The summed E-state index contributed by atoms with van der Waals surface area (Å²) < 4.78 is 10.6. The topological polar surface area (TPSA) is 97.6 Å². The predicted molar refractivity (Wildman–Crippen MR) is 129 cm³/mol. The molecule has 0 aliphatic rings. The second kappa shape index (κ2) is 14.4. The average Bonchev–Trinajstić information content (AvgIpc) is 3.32. The molecule has 2 N–H and O–H groups in total. The van der Waals surface area contributed by atoms with Crippen molar-refractivity contribution in [3.63, 3.8) is 0 Å². The standard InChI is InChI=1S/C25H34N2O5S/c1-4-5-13-22(28)24(33-17-20-12-9-14-31-20)27-23(29)21(15-18(2)3)26-25(30)32-16-19-10-7-6-8-11-19/h6-12,14,18,21,24H,4-5,13,15-17H2,1-3H3,(H,26,30)(H,27,29)/t21-,24-/m0/s1. The van der Waals surface area contributed by atoms with Crippen molar-refractivity contribution in [2.75, 3.05) is 0 Å². The molecule has 8 heteroatoms. The van der Waals surface area contributed by atoms with Crippen molar-refractivity contribution in [2.45, 2.75) is 70.2 Å². The molecule has 180 valence electrons. The molecule has 0 aliphatic heterocycles. The zero-order chi connectivity index (χ0) is 24.1. The van der Waals surface area contributed by atoms with Crippen LogP contribution in [0.25, 0.3) is 0 Å². The first-order valence-corrected chi connectivity index (χ1v) is 12.4. The molecule has 2 aromatic rings. The van der Waals surface area contributed by atoms with Gasteiger partial charge < -0.3 is 19.8 Å². The molecule has 33 heavy (non-hydrogen) atoms. The van der Waals surface area contributed by atoms with Gasteiger partial charge in [0.2, 0.25) is 5.91 Å². The number of carbonyl (C=O) groups excluding carboxylic acids is 3. The molecule has 0 radical (unpaired) electrons. The second-order valence-corrected chi connectivity index (χ2v) is 9.33. The molecule has 2 atom stereocenters. The smallest absolute Gasteiger partial charge is 0.408 e. The van der Waals surface area contributed by atoms with E-state index in [9.17, 15) is 14.4 Å². The minimum atomic E-state index is -0.807. The van der Waals surface area contributed by atoms with Gasteiger partial charge in [-0.05, 0) is 36.5 Å². The Morgan fingerprint density at radius 1 is 1.06 bits per heavy atom. The van der Waals surface area contributed by atoms with Crippen LogP contribution in [-0.4, -0.2) is 29.2 Å². The van der Waals surface area contributed by atoms with Gasteiger partial charge in [-0.1, -0.05) is 57.5 Å². The van der Waals surface area contributed by atoms with Crippen LogP contribution in [0.1, 0.15) is 57.8 Å². The Labute approximate surface area is 200 Å². The van der Waals surface area contributed by atoms with E-state index in [1.165, 1.54) is 11.8 Å². The van der Waals surface area contributed by atoms with Crippen LogP contribution in [0, 0.1) is 5.92 Å². The van der Waals surface area contributed by atoms with Crippen molar-refractivity contribution in [2.24, 2.45) is 5.92 Å². The third-order valence-corrected chi connectivity index (χ3v) is 6.01. The van der Waals surface area contributed by atoms with Gasteiger partial charge in [0.25, 0.3) is 0 Å². The molecule has 0 bridgehead atoms. The molecule has 1 aromatic heterocycles. The van der Waals surface area contributed by atoms with Gasteiger partial charge in [-0.15, -0.1) is 11.8 Å². The summed E-state index contributed by atoms with van der Waals surface area (Å²) in [6.45, 7) is 6.06. The summed E-state index contributed by atoms with van der Waals surface area (Å²) >= 11 is 1.31. The van der Waals surface area contributed by atoms with E-state index in [2.05, 4.69) is 10.6 Å². The van der Waals surface area contributed by atoms with Crippen molar-refractivity contribution < 1.29 is 23.5 Å². The number of Topliss-reactive ketones (excluding diaryl/α,β-unsaturated/α-hetero) is 1. The third-order valence-electron chi connectivity index (χ3n) is 4.84. The summed E-state index contributed by atoms with van der Waals surface area (Å²) in [7, 11) is 0. The van der Waals surface area contributed by atoms with Gasteiger partial charge in [0.1, 0.15) is 23.8 Å². The number of amides is 2. The molecule has 1 heterocycles. The number of unbranched alkanes of at least 4 members (excludes halogenated alkanes) is 1. The lowest BCUT2D eigenvalue weighted by Crippen LogP contribution is -2.51. The van der Waals surface area contributed by atoms with Crippen LogP contribution >= 0.6 is 11.8 Å². The van der Waals surface area contributed by atoms with E-state index >= 15 is 0 Å². The van der Waals surface area contributed by atoms with Crippen molar-refractivity contribution >= 4 is 29.5 Å². The van der Waals surface area contributed by atoms with Gasteiger partial charge in [-0.3, -0.25) is 9.59 Å². The molecule has 1 aromatic carbocycles. The quantitative estimate of drug-likeness (QED) is 0.372. The predicted octanol–water partition coefficient (Wildman–Crippen LogP) is 5.06. The number of ketones is 1. The number of ether oxygens (including phenoxy) is 1. The lowest BCUT2D eigenvalue weighted by molar-refractivity contribution is -0.127. The highest BCUT2D eigenvalue weighted by atomic mass is 32.2. The van der Waals surface area contributed by atoms with E-state index in [1.807, 2.05) is 57.2 Å². The molecule has 0 saturated carbocycles. The minimum Gasteiger partial charge on any atom is -0.468 e. The number of carbonyl (C=O) groups is 3. The molecule has 0 aliphatic carbocycles. The second-order valence-electron chi connectivity index (χ2n) is 8.24. The van der Waals surface area contributed by atoms with Crippen LogP contribution < -0.4 is 10.6 Å². The van der Waals surface area contributed by atoms with E-state index in [-0.39, 0.29) is 18.3 Å². The number of rotatable bonds is 14. The van der Waals surface area contributed by atoms with Crippen molar-refractivity contribution in [1.82, 2.24) is 10.6 Å². The SMILES string of the molecule is CCCCC(=O)[C@@H](NC(=O)[C@H](CC(C)C)NC(=O)OCc1ccccc1)SCc1ccco1. The molecule has 2 rings (SSSR count). The van der Waals surface area contributed by atoms with Crippen LogP contribution in [0.4, 0.5) is 4.79 Å². The van der Waals surface area contributed by atoms with Gasteiger partial charge in [0.15, 0.2) is 5.78 Å². The third kappa shape index (κ3) is 10.2. The number of hydrogen-bond acceptors (Lipinski definition) is 6. The Morgan fingerprint density at radius 3 is 2.45 bits per heavy atom. The zero-order valence-electron chi connectivity index (χ0n) is 19.5. The molecule has 2 amide bonds. The molecule has 0 unspecified atom stereocenters. The Balaban J connectivity index is 1.99. The monoisotopic (exact) mass is 474 g/mol. The van der Waals surface area contributed by atoms with Gasteiger partial charge in [-0.25, -0.2) is 4.79 Å². The molecule has 0 saturated heterocycles. The first-order chi connectivity index (χ1) is 15.9. The van der Waals surface area contributed by atoms with E-state index in [0.29, 0.717) is 18.6 Å². The lowest BCUT2D eigenvalue weighted by Gasteiger charge is -2.23. The first kappa shape index (κ1) is 26.5. The van der Waals surface area contributed by atoms with Crippen LogP contribution in [0.3, 0.4) is 0 Å². The highest BCUT2D eigenvalue weighted by molar-refractivity contribution is 7.99. The number of alkyl carbamates (subject to hydrolysis) is 1. The molecule has 0 fully saturated rings. The Kier molecular flexibility index (Phi) is 11.6. The van der Waals surface area contributed by atoms with Gasteiger partial charge in [0.05, 0.1) is 12.0 Å². The van der Waals surface area contributed by atoms with Gasteiger partial charge in [0, 0.05) is 6.42 Å². The Hall–Kier alpha value is -2.74. The maximum Gasteiger partial charge on any atom is 0.408 e. The zero-order valence-corrected chi connectivity index (χ0v) is 20.4. The van der Waals surface area contributed by atoms with Crippen molar-refractivity contribution in [1.29, 1.82) is 0 Å². The lowest BCUT2D eigenvalue weighted by atomic mass is 10.0. The summed E-state index contributed by atoms with van der Waals surface area (Å²) in [5.41, 5.74) is 0.855. The summed E-state index contributed by atoms with van der Waals surface area (Å²) in [6.07, 6.45) is 3.36. The van der Waals surface area contributed by atoms with Crippen LogP contribution in [0.2, 0.25) is 0 Å². The molecule has 7 nitrogen and oxygen atoms in total. The number of thioether (sulfide) groups is 1. The maximum atomic E-state index is 13.1. The first-order valence-electron chi connectivity index (χ1n) is 11.3. The Bertz CT molecular complexity index is 855. The van der Waals surface area contributed by atoms with Gasteiger partial charge in [-0.2, -0.15) is 0 Å². The van der Waals surface area contributed by atoms with E-state index in [1.54, 1.807) is 12.3 Å². The summed E-state index contributed by atoms with van der Waals surface area (Å²) in [5.74, 6) is 0.889. The largest absolute Gasteiger partial charge is 0.468 e. The summed E-state index contributed by atoms with van der Waals surface area (Å²) in [5, 5.41) is 4.78. The van der Waals surface area contributed by atoms with Crippen LogP contribution in [-0.2, 0) is 26.7 Å². The van der Waals surface area contributed by atoms with E-state index < -0.39 is 23.4 Å². The minimum absolute atomic E-state index is 0.0447. The number of hydrogen-bond donors (Lipinski definition) is 2. The summed E-state index contributed by atoms with van der Waals surface area (Å²) in [4.78, 5) is 38.2. The highest BCUT2D eigenvalue weighted by Gasteiger charge is 2.28.